The topological polar surface area (TPSA) is 110 Å². The quantitative estimate of drug-likeness (QED) is 0.560. The van der Waals surface area contributed by atoms with Crippen molar-refractivity contribution in [2.24, 2.45) is 5.92 Å². The maximum absolute atomic E-state index is 12.6. The van der Waals surface area contributed by atoms with Gasteiger partial charge in [-0.1, -0.05) is 37.3 Å². The van der Waals surface area contributed by atoms with Crippen molar-refractivity contribution in [1.82, 2.24) is 15.3 Å². The summed E-state index contributed by atoms with van der Waals surface area (Å²) in [6, 6.07) is 16.5. The monoisotopic (exact) mass is 429 g/mol. The van der Waals surface area contributed by atoms with E-state index < -0.39 is 5.91 Å². The van der Waals surface area contributed by atoms with Crippen molar-refractivity contribution in [2.75, 3.05) is 11.1 Å². The summed E-state index contributed by atoms with van der Waals surface area (Å²) in [6.07, 6.45) is 5.88. The molecule has 32 heavy (non-hydrogen) atoms. The molecule has 0 radical (unpaired) electrons. The lowest BCUT2D eigenvalue weighted by molar-refractivity contribution is 0.0922. The number of amides is 2. The lowest BCUT2D eigenvalue weighted by Crippen LogP contribution is -2.37. The molecule has 164 valence electrons. The number of hydrogen-bond acceptors (Lipinski definition) is 5. The van der Waals surface area contributed by atoms with Gasteiger partial charge in [0.2, 0.25) is 0 Å². The van der Waals surface area contributed by atoms with E-state index in [1.807, 2.05) is 18.2 Å². The molecule has 1 saturated carbocycles. The average molecular weight is 430 g/mol. The van der Waals surface area contributed by atoms with Gasteiger partial charge in [-0.25, -0.2) is 9.97 Å². The third kappa shape index (κ3) is 5.11. The van der Waals surface area contributed by atoms with Crippen LogP contribution < -0.4 is 16.4 Å². The van der Waals surface area contributed by atoms with Crippen molar-refractivity contribution in [3.05, 3.63) is 72.1 Å². The Morgan fingerprint density at radius 2 is 1.62 bits per heavy atom. The van der Waals surface area contributed by atoms with E-state index in [2.05, 4.69) is 27.5 Å². The van der Waals surface area contributed by atoms with Gasteiger partial charge >= 0.3 is 0 Å². The summed E-state index contributed by atoms with van der Waals surface area (Å²) in [5.41, 5.74) is 8.44. The Bertz CT molecular complexity index is 1090. The summed E-state index contributed by atoms with van der Waals surface area (Å²) >= 11 is 0. The number of nitrogens with one attached hydrogen (secondary N) is 2. The molecule has 1 heterocycles. The van der Waals surface area contributed by atoms with Gasteiger partial charge in [0.15, 0.2) is 11.5 Å². The highest BCUT2D eigenvalue weighted by atomic mass is 16.2. The fourth-order valence-electron chi connectivity index (χ4n) is 3.88. The Kier molecular flexibility index (Phi) is 6.44. The number of nitrogen functional groups attached to an aromatic ring is 1. The molecule has 7 nitrogen and oxygen atoms in total. The molecule has 0 aliphatic heterocycles. The first kappa shape index (κ1) is 21.5. The number of anilines is 2. The Hall–Kier alpha value is -3.74. The van der Waals surface area contributed by atoms with Crippen LogP contribution in [0.5, 0.6) is 0 Å². The smallest absolute Gasteiger partial charge is 0.278 e. The number of nitrogens with zero attached hydrogens (tertiary/aromatic N) is 2. The van der Waals surface area contributed by atoms with Crippen LogP contribution in [0.2, 0.25) is 0 Å². The fraction of sp³-hybridized carbons (Fsp3) is 0.280. The molecule has 0 saturated heterocycles. The van der Waals surface area contributed by atoms with E-state index in [1.165, 1.54) is 6.20 Å². The second kappa shape index (κ2) is 9.60. The molecule has 3 aromatic rings. The van der Waals surface area contributed by atoms with Gasteiger partial charge in [-0.3, -0.25) is 9.59 Å². The van der Waals surface area contributed by atoms with E-state index >= 15 is 0 Å². The minimum absolute atomic E-state index is 0.0553. The zero-order valence-corrected chi connectivity index (χ0v) is 18.0. The number of benzene rings is 2. The van der Waals surface area contributed by atoms with E-state index in [0.717, 1.165) is 37.2 Å². The van der Waals surface area contributed by atoms with Crippen LogP contribution in [-0.2, 0) is 0 Å². The average Bonchev–Trinajstić information content (AvgIpc) is 2.81. The van der Waals surface area contributed by atoms with Gasteiger partial charge in [0.25, 0.3) is 11.8 Å². The molecule has 0 atom stereocenters. The number of carbonyl (C=O) groups is 2. The number of aromatic nitrogens is 2. The van der Waals surface area contributed by atoms with Crippen LogP contribution in [0, 0.1) is 5.92 Å². The van der Waals surface area contributed by atoms with E-state index in [9.17, 15) is 9.59 Å². The highest BCUT2D eigenvalue weighted by Crippen LogP contribution is 2.24. The number of carbonyl (C=O) groups excluding carboxylic acids is 2. The van der Waals surface area contributed by atoms with Gasteiger partial charge in [0.05, 0.1) is 11.9 Å². The van der Waals surface area contributed by atoms with Crippen molar-refractivity contribution in [1.29, 1.82) is 0 Å². The van der Waals surface area contributed by atoms with Gasteiger partial charge < -0.3 is 16.4 Å². The predicted octanol–water partition coefficient (Wildman–Crippen LogP) is 4.29. The van der Waals surface area contributed by atoms with Gasteiger partial charge in [0.1, 0.15) is 0 Å². The molecule has 1 aromatic heterocycles. The SMILES string of the molecule is C[C@H]1CC[C@H](NC(=O)c2ccc(-c3cnc(N)c(C(=O)Nc4ccccc4)n3)cc2)CC1. The van der Waals surface area contributed by atoms with Gasteiger partial charge in [-0.05, 0) is 55.9 Å². The second-order valence-electron chi connectivity index (χ2n) is 8.32. The summed E-state index contributed by atoms with van der Waals surface area (Å²) in [7, 11) is 0. The van der Waals surface area contributed by atoms with Crippen molar-refractivity contribution >= 4 is 23.3 Å². The highest BCUT2D eigenvalue weighted by molar-refractivity contribution is 6.06. The summed E-state index contributed by atoms with van der Waals surface area (Å²) in [4.78, 5) is 33.8. The first-order chi connectivity index (χ1) is 15.5. The van der Waals surface area contributed by atoms with E-state index in [4.69, 9.17) is 5.73 Å². The van der Waals surface area contributed by atoms with E-state index in [-0.39, 0.29) is 23.5 Å². The molecule has 1 fully saturated rings. The largest absolute Gasteiger partial charge is 0.382 e. The second-order valence-corrected chi connectivity index (χ2v) is 8.32. The summed E-state index contributed by atoms with van der Waals surface area (Å²) in [6.45, 7) is 2.26. The number of rotatable bonds is 5. The van der Waals surface area contributed by atoms with Crippen molar-refractivity contribution in [3.8, 4) is 11.3 Å². The van der Waals surface area contributed by atoms with E-state index in [1.54, 1.807) is 36.4 Å². The minimum Gasteiger partial charge on any atom is -0.382 e. The Balaban J connectivity index is 1.46. The summed E-state index contributed by atoms with van der Waals surface area (Å²) < 4.78 is 0. The molecular formula is C25H27N5O2. The third-order valence-electron chi connectivity index (χ3n) is 5.84. The van der Waals surface area contributed by atoms with Gasteiger partial charge in [0, 0.05) is 22.9 Å². The molecule has 2 aromatic carbocycles. The molecule has 1 aliphatic rings. The molecule has 7 heteroatoms. The molecule has 0 spiro atoms. The van der Waals surface area contributed by atoms with Gasteiger partial charge in [-0.2, -0.15) is 0 Å². The zero-order chi connectivity index (χ0) is 22.5. The predicted molar refractivity (Wildman–Crippen MR) is 125 cm³/mol. The number of nitrogens with two attached hydrogens (primary N) is 1. The molecule has 2 amide bonds. The molecule has 1 aliphatic carbocycles. The Morgan fingerprint density at radius 3 is 2.31 bits per heavy atom. The zero-order valence-electron chi connectivity index (χ0n) is 18.0. The highest BCUT2D eigenvalue weighted by Gasteiger charge is 2.20. The maximum atomic E-state index is 12.6. The molecular weight excluding hydrogens is 402 g/mol. The Morgan fingerprint density at radius 1 is 0.938 bits per heavy atom. The fourth-order valence-corrected chi connectivity index (χ4v) is 3.88. The first-order valence-electron chi connectivity index (χ1n) is 10.9. The molecule has 0 unspecified atom stereocenters. The van der Waals surface area contributed by atoms with Gasteiger partial charge in [-0.15, -0.1) is 0 Å². The van der Waals surface area contributed by atoms with Crippen LogP contribution in [0.15, 0.2) is 60.8 Å². The van der Waals surface area contributed by atoms with Crippen molar-refractivity contribution in [3.63, 3.8) is 0 Å². The van der Waals surface area contributed by atoms with E-state index in [0.29, 0.717) is 16.9 Å². The van der Waals surface area contributed by atoms with Crippen LogP contribution in [0.3, 0.4) is 0 Å². The number of hydrogen-bond donors (Lipinski definition) is 3. The molecule has 0 bridgehead atoms. The van der Waals surface area contributed by atoms with Crippen LogP contribution in [0.4, 0.5) is 11.5 Å². The lowest BCUT2D eigenvalue weighted by Gasteiger charge is -2.26. The molecule has 4 N–H and O–H groups in total. The minimum atomic E-state index is -0.430. The first-order valence-corrected chi connectivity index (χ1v) is 10.9. The standard InChI is InChI=1S/C25H27N5O2/c1-16-7-13-20(14-8-16)28-24(31)18-11-9-17(10-12-18)21-15-27-23(26)22(30-21)25(32)29-19-5-3-2-4-6-19/h2-6,9-12,15-16,20H,7-8,13-14H2,1H3,(H2,26,27)(H,28,31)(H,29,32)/t16-,20-. The summed E-state index contributed by atoms with van der Waals surface area (Å²) in [5, 5.41) is 5.90. The normalized spacial score (nSPS) is 18.0. The molecule has 4 rings (SSSR count). The van der Waals surface area contributed by atoms with Crippen LogP contribution in [-0.4, -0.2) is 27.8 Å². The van der Waals surface area contributed by atoms with Crippen LogP contribution in [0.25, 0.3) is 11.3 Å². The summed E-state index contributed by atoms with van der Waals surface area (Å²) in [5.74, 6) is 0.298. The lowest BCUT2D eigenvalue weighted by atomic mass is 9.87. The van der Waals surface area contributed by atoms with Crippen LogP contribution in [0.1, 0.15) is 53.5 Å². The third-order valence-corrected chi connectivity index (χ3v) is 5.84. The van der Waals surface area contributed by atoms with Crippen molar-refractivity contribution < 1.29 is 9.59 Å². The maximum Gasteiger partial charge on any atom is 0.278 e. The number of para-hydroxylation sites is 1. The van der Waals surface area contributed by atoms with Crippen molar-refractivity contribution in [2.45, 2.75) is 38.6 Å². The van der Waals surface area contributed by atoms with Crippen LogP contribution >= 0.6 is 0 Å². The Labute approximate surface area is 187 Å².